The second kappa shape index (κ2) is 20.6. The highest BCUT2D eigenvalue weighted by Crippen LogP contribution is 2.08. The lowest BCUT2D eigenvalue weighted by atomic mass is 10.1. The Labute approximate surface area is 142 Å². The average Bonchev–Trinajstić information content (AvgIpc) is 2.60. The van der Waals surface area contributed by atoms with Crippen molar-refractivity contribution in [3.63, 3.8) is 0 Å². The molecule has 0 radical (unpaired) electrons. The number of amides is 1. The third kappa shape index (κ3) is 16.8. The fourth-order valence-electron chi connectivity index (χ4n) is 1.59. The summed E-state index contributed by atoms with van der Waals surface area (Å²) >= 11 is 0. The van der Waals surface area contributed by atoms with Gasteiger partial charge in [-0.05, 0) is 26.2 Å². The largest absolute Gasteiger partial charge is 0.379 e. The first-order chi connectivity index (χ1) is 11.3. The molecule has 1 N–H and O–H groups in total. The van der Waals surface area contributed by atoms with Crippen molar-refractivity contribution >= 4 is 5.91 Å². The zero-order valence-corrected chi connectivity index (χ0v) is 15.4. The van der Waals surface area contributed by atoms with Crippen LogP contribution in [0.3, 0.4) is 0 Å². The summed E-state index contributed by atoms with van der Waals surface area (Å²) in [6.07, 6.45) is 10.6. The smallest absolute Gasteiger partial charge is 0.251 e. The minimum Gasteiger partial charge on any atom is -0.379 e. The third-order valence-corrected chi connectivity index (χ3v) is 2.51. The van der Waals surface area contributed by atoms with Crippen LogP contribution in [0.15, 0.2) is 36.5 Å². The number of hydrogen-bond donors (Lipinski definition) is 1. The van der Waals surface area contributed by atoms with E-state index in [0.717, 1.165) is 31.4 Å². The summed E-state index contributed by atoms with van der Waals surface area (Å²) < 4.78 is 10.6. The highest BCUT2D eigenvalue weighted by atomic mass is 16.5. The molecule has 0 aliphatic heterocycles. The molecule has 0 aromatic heterocycles. The highest BCUT2D eigenvalue weighted by Gasteiger charge is 2.06. The van der Waals surface area contributed by atoms with Crippen molar-refractivity contribution in [2.45, 2.75) is 47.0 Å². The molecule has 134 valence electrons. The van der Waals surface area contributed by atoms with Gasteiger partial charge in [0.15, 0.2) is 0 Å². The Kier molecular flexibility index (Phi) is 21.4. The van der Waals surface area contributed by atoms with Crippen LogP contribution in [0.2, 0.25) is 0 Å². The van der Waals surface area contributed by atoms with Gasteiger partial charge in [-0.3, -0.25) is 4.79 Å². The first kappa shape index (κ1) is 23.9. The van der Waals surface area contributed by atoms with E-state index in [-0.39, 0.29) is 5.91 Å². The summed E-state index contributed by atoms with van der Waals surface area (Å²) in [5.74, 6) is -0.0169. The number of allylic oxidation sites excluding steroid dienone is 3. The Morgan fingerprint density at radius 2 is 1.83 bits per heavy atom. The van der Waals surface area contributed by atoms with Crippen molar-refractivity contribution < 1.29 is 14.3 Å². The molecule has 0 saturated heterocycles. The molecule has 4 heteroatoms. The standard InChI is InChI=1S/C14H23NO3.C3H6.C2H6/c1-2-9-17-11-12-18-10-8-15-14(16)13-6-4-3-5-7-13;1-3-2;1-2/h4,6-7H,2-3,5,8-12H2,1H3,(H,15,16);3H,1H2,2H3;1-2H3. The number of hydrogen-bond acceptors (Lipinski definition) is 3. The molecule has 0 saturated carbocycles. The van der Waals surface area contributed by atoms with Gasteiger partial charge in [0.1, 0.15) is 0 Å². The molecule has 0 spiro atoms. The van der Waals surface area contributed by atoms with E-state index in [1.807, 2.05) is 39.0 Å². The van der Waals surface area contributed by atoms with Gasteiger partial charge in [-0.15, -0.1) is 6.58 Å². The normalized spacial score (nSPS) is 12.1. The quantitative estimate of drug-likeness (QED) is 0.514. The van der Waals surface area contributed by atoms with Gasteiger partial charge < -0.3 is 14.8 Å². The van der Waals surface area contributed by atoms with Crippen LogP contribution in [0, 0.1) is 0 Å². The summed E-state index contributed by atoms with van der Waals surface area (Å²) in [5, 5.41) is 2.83. The van der Waals surface area contributed by atoms with Gasteiger partial charge in [0, 0.05) is 18.7 Å². The SMILES string of the molecule is C=CC.CC.CCCOCCOCCNC(=O)C1=CCCC=C1. The van der Waals surface area contributed by atoms with Gasteiger partial charge in [0.25, 0.3) is 5.91 Å². The van der Waals surface area contributed by atoms with E-state index in [1.165, 1.54) is 0 Å². The van der Waals surface area contributed by atoms with E-state index in [4.69, 9.17) is 9.47 Å². The van der Waals surface area contributed by atoms with Gasteiger partial charge >= 0.3 is 0 Å². The molecule has 0 unspecified atom stereocenters. The predicted octanol–water partition coefficient (Wildman–Crippen LogP) is 4.04. The lowest BCUT2D eigenvalue weighted by Crippen LogP contribution is -2.28. The van der Waals surface area contributed by atoms with Crippen LogP contribution in [0.1, 0.15) is 47.0 Å². The Morgan fingerprint density at radius 1 is 1.22 bits per heavy atom. The lowest BCUT2D eigenvalue weighted by molar-refractivity contribution is -0.117. The number of ether oxygens (including phenoxy) is 2. The van der Waals surface area contributed by atoms with Gasteiger partial charge in [-0.25, -0.2) is 0 Å². The second-order valence-electron chi connectivity index (χ2n) is 4.53. The van der Waals surface area contributed by atoms with Crippen molar-refractivity contribution in [3.8, 4) is 0 Å². The Bertz CT molecular complexity index is 336. The van der Waals surface area contributed by atoms with E-state index >= 15 is 0 Å². The van der Waals surface area contributed by atoms with Crippen molar-refractivity contribution in [2.75, 3.05) is 33.0 Å². The first-order valence-electron chi connectivity index (χ1n) is 8.63. The maximum Gasteiger partial charge on any atom is 0.251 e. The molecule has 0 heterocycles. The van der Waals surface area contributed by atoms with Gasteiger partial charge in [-0.1, -0.05) is 45.1 Å². The summed E-state index contributed by atoms with van der Waals surface area (Å²) in [4.78, 5) is 11.7. The Balaban J connectivity index is 0. The number of carbonyl (C=O) groups is 1. The second-order valence-corrected chi connectivity index (χ2v) is 4.53. The molecule has 1 aliphatic carbocycles. The van der Waals surface area contributed by atoms with Crippen LogP contribution in [0.4, 0.5) is 0 Å². The molecular formula is C19H35NO3. The fraction of sp³-hybridized carbons (Fsp3) is 0.632. The van der Waals surface area contributed by atoms with E-state index < -0.39 is 0 Å². The summed E-state index contributed by atoms with van der Waals surface area (Å²) in [5.41, 5.74) is 0.757. The zero-order chi connectivity index (χ0) is 17.8. The highest BCUT2D eigenvalue weighted by molar-refractivity contribution is 5.96. The van der Waals surface area contributed by atoms with E-state index in [9.17, 15) is 4.79 Å². The van der Waals surface area contributed by atoms with Gasteiger partial charge in [0.2, 0.25) is 0 Å². The molecule has 1 amide bonds. The maximum atomic E-state index is 11.7. The topological polar surface area (TPSA) is 47.6 Å². The molecule has 4 nitrogen and oxygen atoms in total. The van der Waals surface area contributed by atoms with Crippen LogP contribution in [-0.4, -0.2) is 38.9 Å². The molecule has 0 bridgehead atoms. The lowest BCUT2D eigenvalue weighted by Gasteiger charge is -2.09. The van der Waals surface area contributed by atoms with Crippen LogP contribution >= 0.6 is 0 Å². The number of carbonyl (C=O) groups excluding carboxylic acids is 1. The minimum absolute atomic E-state index is 0.0169. The number of nitrogens with one attached hydrogen (secondary N) is 1. The molecule has 0 aromatic rings. The van der Waals surface area contributed by atoms with E-state index in [2.05, 4.69) is 18.8 Å². The zero-order valence-electron chi connectivity index (χ0n) is 15.4. The first-order valence-corrected chi connectivity index (χ1v) is 8.63. The minimum atomic E-state index is -0.0169. The third-order valence-electron chi connectivity index (χ3n) is 2.51. The fourth-order valence-corrected chi connectivity index (χ4v) is 1.59. The van der Waals surface area contributed by atoms with Gasteiger partial charge in [0.05, 0.1) is 19.8 Å². The van der Waals surface area contributed by atoms with Crippen LogP contribution in [0.25, 0.3) is 0 Å². The van der Waals surface area contributed by atoms with Crippen LogP contribution in [0.5, 0.6) is 0 Å². The van der Waals surface area contributed by atoms with E-state index in [0.29, 0.717) is 26.4 Å². The molecule has 0 aromatic carbocycles. The maximum absolute atomic E-state index is 11.7. The summed E-state index contributed by atoms with van der Waals surface area (Å²) in [6, 6.07) is 0. The molecular weight excluding hydrogens is 290 g/mol. The predicted molar refractivity (Wildman–Crippen MR) is 98.6 cm³/mol. The van der Waals surface area contributed by atoms with Gasteiger partial charge in [-0.2, -0.15) is 0 Å². The monoisotopic (exact) mass is 325 g/mol. The average molecular weight is 325 g/mol. The van der Waals surface area contributed by atoms with E-state index in [1.54, 1.807) is 6.08 Å². The number of rotatable bonds is 9. The molecule has 0 fully saturated rings. The van der Waals surface area contributed by atoms with Crippen LogP contribution in [-0.2, 0) is 14.3 Å². The molecule has 23 heavy (non-hydrogen) atoms. The molecule has 0 atom stereocenters. The Hall–Kier alpha value is -1.39. The summed E-state index contributed by atoms with van der Waals surface area (Å²) in [7, 11) is 0. The van der Waals surface area contributed by atoms with Crippen LogP contribution < -0.4 is 5.32 Å². The van der Waals surface area contributed by atoms with Crippen molar-refractivity contribution in [3.05, 3.63) is 36.5 Å². The van der Waals surface area contributed by atoms with Crippen molar-refractivity contribution in [1.82, 2.24) is 5.32 Å². The molecule has 1 aliphatic rings. The summed E-state index contributed by atoms with van der Waals surface area (Å²) in [6.45, 7) is 14.4. The van der Waals surface area contributed by atoms with Crippen molar-refractivity contribution in [2.24, 2.45) is 0 Å². The molecule has 1 rings (SSSR count). The van der Waals surface area contributed by atoms with Crippen molar-refractivity contribution in [1.29, 1.82) is 0 Å². The Morgan fingerprint density at radius 3 is 2.35 bits per heavy atom.